The first kappa shape index (κ1) is 22.6. The molecule has 4 heterocycles. The lowest BCUT2D eigenvalue weighted by molar-refractivity contribution is 1.36. The first-order chi connectivity index (χ1) is 20.8. The molecule has 0 aliphatic heterocycles. The lowest BCUT2D eigenvalue weighted by atomic mass is 10.0. The van der Waals surface area contributed by atoms with Crippen molar-refractivity contribution in [2.75, 3.05) is 0 Å². The van der Waals surface area contributed by atoms with Gasteiger partial charge in [-0.15, -0.1) is 22.7 Å². The van der Waals surface area contributed by atoms with Gasteiger partial charge >= 0.3 is 0 Å². The van der Waals surface area contributed by atoms with Crippen molar-refractivity contribution in [3.8, 4) is 21.4 Å². The molecule has 196 valence electrons. The van der Waals surface area contributed by atoms with Crippen molar-refractivity contribution < 1.29 is 0 Å². The number of fused-ring (bicyclic) bond motifs is 13. The number of rotatable bonds is 2. The van der Waals surface area contributed by atoms with Gasteiger partial charge in [0.2, 0.25) is 0 Å². The van der Waals surface area contributed by atoms with Gasteiger partial charge in [-0.05, 0) is 33.7 Å². The van der Waals surface area contributed by atoms with E-state index >= 15 is 0 Å². The molecule has 0 saturated carbocycles. The quantitative estimate of drug-likeness (QED) is 0.202. The minimum atomic E-state index is 0.920. The Hall–Kier alpha value is -5.04. The molecule has 4 nitrogen and oxygen atoms in total. The summed E-state index contributed by atoms with van der Waals surface area (Å²) < 4.78 is 1.27. The number of nitrogens with zero attached hydrogens (tertiary/aromatic N) is 2. The fourth-order valence-corrected chi connectivity index (χ4v) is 8.89. The monoisotopic (exact) mass is 572 g/mol. The summed E-state index contributed by atoms with van der Waals surface area (Å²) in [5, 5.41) is 11.0. The van der Waals surface area contributed by atoms with Crippen LogP contribution < -0.4 is 0 Å². The van der Waals surface area contributed by atoms with Crippen LogP contribution in [0.4, 0.5) is 0 Å². The van der Waals surface area contributed by atoms with Crippen molar-refractivity contribution in [1.82, 2.24) is 19.9 Å². The molecule has 0 fully saturated rings. The Morgan fingerprint density at radius 3 is 1.19 bits per heavy atom. The molecular weight excluding hydrogens is 553 g/mol. The van der Waals surface area contributed by atoms with Gasteiger partial charge in [-0.3, -0.25) is 0 Å². The number of hydrogen-bond donors (Lipinski definition) is 2. The Balaban J connectivity index is 1.13. The third-order valence-corrected chi connectivity index (χ3v) is 10.8. The van der Waals surface area contributed by atoms with Gasteiger partial charge in [0.25, 0.3) is 0 Å². The number of thiophene rings is 2. The smallest absolute Gasteiger partial charge is 0.148 e. The summed E-state index contributed by atoms with van der Waals surface area (Å²) in [5.41, 5.74) is 4.24. The van der Waals surface area contributed by atoms with Crippen LogP contribution in [0.3, 0.4) is 0 Å². The standard InChI is InChI=1S/C36H20N4S2/c1-5-13-24-20(9-1)21-10-2-6-14-25(21)31-30(24)37-34(38-31)28-17-19-18-29(42-36(19)41-28)35-39-32-26-15-7-3-11-22(26)23-12-4-8-16-27(23)33(32)40-35/h1-18H,(H,37,38)(H,39,40). The van der Waals surface area contributed by atoms with E-state index < -0.39 is 0 Å². The number of nitrogens with one attached hydrogen (secondary N) is 2. The van der Waals surface area contributed by atoms with Gasteiger partial charge in [-0.2, -0.15) is 0 Å². The molecule has 10 rings (SSSR count). The summed E-state index contributed by atoms with van der Waals surface area (Å²) in [6.07, 6.45) is 0. The molecule has 0 aliphatic rings. The topological polar surface area (TPSA) is 57.4 Å². The van der Waals surface area contributed by atoms with Gasteiger partial charge in [0.1, 0.15) is 11.6 Å². The minimum Gasteiger partial charge on any atom is -0.337 e. The molecule has 0 atom stereocenters. The van der Waals surface area contributed by atoms with E-state index in [1.807, 2.05) is 0 Å². The van der Waals surface area contributed by atoms with Crippen LogP contribution in [0.5, 0.6) is 0 Å². The number of aromatic amines is 2. The van der Waals surface area contributed by atoms with E-state index in [2.05, 4.69) is 119 Å². The van der Waals surface area contributed by atoms with Crippen LogP contribution in [0, 0.1) is 0 Å². The van der Waals surface area contributed by atoms with E-state index in [-0.39, 0.29) is 0 Å². The maximum atomic E-state index is 5.14. The maximum absolute atomic E-state index is 5.14. The summed E-state index contributed by atoms with van der Waals surface area (Å²) in [4.78, 5) is 19.9. The fraction of sp³-hybridized carbons (Fsp3) is 0. The van der Waals surface area contributed by atoms with Crippen molar-refractivity contribution in [3.63, 3.8) is 0 Å². The third-order valence-electron chi connectivity index (χ3n) is 8.43. The molecule has 0 amide bonds. The third kappa shape index (κ3) is 3.05. The summed E-state index contributed by atoms with van der Waals surface area (Å²) in [7, 11) is 0. The van der Waals surface area contributed by atoms with E-state index in [0.29, 0.717) is 0 Å². The first-order valence-electron chi connectivity index (χ1n) is 13.9. The van der Waals surface area contributed by atoms with Gasteiger partial charge in [0, 0.05) is 26.9 Å². The van der Waals surface area contributed by atoms with E-state index in [0.717, 1.165) is 43.5 Å². The number of hydrogen-bond acceptors (Lipinski definition) is 4. The van der Waals surface area contributed by atoms with Crippen LogP contribution in [0.2, 0.25) is 0 Å². The highest BCUT2D eigenvalue weighted by atomic mass is 32.2. The molecule has 0 bridgehead atoms. The summed E-state index contributed by atoms with van der Waals surface area (Å²) in [6.45, 7) is 0. The van der Waals surface area contributed by atoms with Crippen LogP contribution in [-0.4, -0.2) is 19.9 Å². The van der Waals surface area contributed by atoms with Crippen LogP contribution in [0.1, 0.15) is 0 Å². The van der Waals surface area contributed by atoms with Crippen LogP contribution in [-0.2, 0) is 0 Å². The van der Waals surface area contributed by atoms with Crippen molar-refractivity contribution >= 4 is 97.2 Å². The molecule has 10 aromatic rings. The van der Waals surface area contributed by atoms with E-state index in [4.69, 9.17) is 9.97 Å². The Kier molecular flexibility index (Phi) is 4.45. The van der Waals surface area contributed by atoms with E-state index in [1.54, 1.807) is 22.7 Å². The average molecular weight is 573 g/mol. The van der Waals surface area contributed by atoms with Gasteiger partial charge in [0.05, 0.1) is 35.8 Å². The molecule has 6 heteroatoms. The van der Waals surface area contributed by atoms with E-state index in [1.165, 1.54) is 52.5 Å². The molecule has 42 heavy (non-hydrogen) atoms. The maximum Gasteiger partial charge on any atom is 0.148 e. The molecule has 2 N–H and O–H groups in total. The summed E-state index contributed by atoms with van der Waals surface area (Å²) >= 11 is 3.57. The molecule has 0 unspecified atom stereocenters. The van der Waals surface area contributed by atoms with Crippen molar-refractivity contribution in [2.45, 2.75) is 0 Å². The zero-order chi connectivity index (χ0) is 27.4. The van der Waals surface area contributed by atoms with Crippen molar-refractivity contribution in [1.29, 1.82) is 0 Å². The van der Waals surface area contributed by atoms with Gasteiger partial charge in [0.15, 0.2) is 0 Å². The highest BCUT2D eigenvalue weighted by molar-refractivity contribution is 7.41. The highest BCUT2D eigenvalue weighted by Gasteiger charge is 2.18. The molecule has 4 aromatic heterocycles. The lowest BCUT2D eigenvalue weighted by Crippen LogP contribution is -1.81. The minimum absolute atomic E-state index is 0.920. The number of imidazole rings is 2. The fourth-order valence-electron chi connectivity index (χ4n) is 6.55. The van der Waals surface area contributed by atoms with Gasteiger partial charge in [-0.25, -0.2) is 9.97 Å². The predicted molar refractivity (Wildman–Crippen MR) is 180 cm³/mol. The zero-order valence-corrected chi connectivity index (χ0v) is 23.7. The largest absolute Gasteiger partial charge is 0.337 e. The van der Waals surface area contributed by atoms with Crippen LogP contribution in [0.25, 0.3) is 96.0 Å². The molecule has 0 spiro atoms. The normalized spacial score (nSPS) is 12.3. The zero-order valence-electron chi connectivity index (χ0n) is 22.1. The second kappa shape index (κ2) is 8.26. The Morgan fingerprint density at radius 2 is 0.786 bits per heavy atom. The van der Waals surface area contributed by atoms with Gasteiger partial charge in [-0.1, -0.05) is 97.1 Å². The van der Waals surface area contributed by atoms with Gasteiger partial charge < -0.3 is 9.97 Å². The average Bonchev–Trinajstić information content (AvgIpc) is 3.83. The van der Waals surface area contributed by atoms with E-state index in [9.17, 15) is 0 Å². The molecule has 0 saturated heterocycles. The SMILES string of the molecule is c1ccc2c(c1)c1ccccc1c1[nH]c(-c3cc4cc(-c5nc6c7ccccc7c7ccccc7c6[nH]5)sc4s3)nc21. The molecular formula is C36H20N4S2. The van der Waals surface area contributed by atoms with Crippen LogP contribution in [0.15, 0.2) is 109 Å². The molecule has 0 radical (unpaired) electrons. The Morgan fingerprint density at radius 1 is 0.429 bits per heavy atom. The number of aromatic nitrogens is 4. The molecule has 0 aliphatic carbocycles. The predicted octanol–water partition coefficient (Wildman–Crippen LogP) is 10.7. The number of H-pyrrole nitrogens is 2. The Labute approximate surface area is 246 Å². The lowest BCUT2D eigenvalue weighted by Gasteiger charge is -2.05. The first-order valence-corrected chi connectivity index (χ1v) is 15.6. The van der Waals surface area contributed by atoms with Crippen molar-refractivity contribution in [3.05, 3.63) is 109 Å². The van der Waals surface area contributed by atoms with Crippen LogP contribution >= 0.6 is 22.7 Å². The summed E-state index contributed by atoms with van der Waals surface area (Å²) in [6, 6.07) is 38.8. The highest BCUT2D eigenvalue weighted by Crippen LogP contribution is 2.43. The second-order valence-electron chi connectivity index (χ2n) is 10.8. The Bertz CT molecular complexity index is 2340. The number of benzene rings is 6. The molecule has 6 aromatic carbocycles. The summed E-state index contributed by atoms with van der Waals surface area (Å²) in [5.74, 6) is 1.84. The second-order valence-corrected chi connectivity index (χ2v) is 13.1. The van der Waals surface area contributed by atoms with Crippen molar-refractivity contribution in [2.24, 2.45) is 0 Å².